The van der Waals surface area contributed by atoms with Gasteiger partial charge in [-0.25, -0.2) is 10.8 Å². The molecule has 16 heavy (non-hydrogen) atoms. The molecule has 6 heteroatoms. The molecule has 0 unspecified atom stereocenters. The third-order valence-corrected chi connectivity index (χ3v) is 2.75. The van der Waals surface area contributed by atoms with Crippen LogP contribution >= 0.6 is 11.3 Å². The number of nitrogen functional groups attached to an aromatic ring is 1. The summed E-state index contributed by atoms with van der Waals surface area (Å²) in [6.45, 7) is 6.26. The minimum atomic E-state index is -0.0465. The lowest BCUT2D eigenvalue weighted by Gasteiger charge is -2.21. The monoisotopic (exact) mass is 237 g/mol. The van der Waals surface area contributed by atoms with Crippen LogP contribution in [0.3, 0.4) is 0 Å². The number of hydrogen-bond donors (Lipinski definition) is 3. The maximum absolute atomic E-state index is 5.34. The average molecular weight is 237 g/mol. The van der Waals surface area contributed by atoms with Gasteiger partial charge < -0.3 is 5.32 Å². The number of nitrogens with two attached hydrogens (primary N) is 1. The zero-order valence-electron chi connectivity index (χ0n) is 9.53. The Labute approximate surface area is 98.1 Å². The van der Waals surface area contributed by atoms with Crippen molar-refractivity contribution < 1.29 is 0 Å². The number of thiophene rings is 1. The number of anilines is 2. The summed E-state index contributed by atoms with van der Waals surface area (Å²) in [5.74, 6) is 6.59. The van der Waals surface area contributed by atoms with Gasteiger partial charge in [0.1, 0.15) is 10.6 Å². The third kappa shape index (κ3) is 2.23. The first-order valence-corrected chi connectivity index (χ1v) is 5.87. The smallest absolute Gasteiger partial charge is 0.240 e. The Morgan fingerprint density at radius 1 is 1.31 bits per heavy atom. The number of fused-ring (bicyclic) bond motifs is 1. The molecule has 0 aliphatic heterocycles. The molecule has 2 aromatic heterocycles. The zero-order chi connectivity index (χ0) is 11.8. The van der Waals surface area contributed by atoms with Gasteiger partial charge in [0.2, 0.25) is 5.95 Å². The molecule has 0 spiro atoms. The van der Waals surface area contributed by atoms with E-state index in [-0.39, 0.29) is 5.54 Å². The highest BCUT2D eigenvalue weighted by molar-refractivity contribution is 7.16. The molecular weight excluding hydrogens is 222 g/mol. The van der Waals surface area contributed by atoms with Crippen molar-refractivity contribution in [2.45, 2.75) is 26.3 Å². The molecule has 0 aliphatic carbocycles. The first-order valence-electron chi connectivity index (χ1n) is 4.99. The summed E-state index contributed by atoms with van der Waals surface area (Å²) >= 11 is 1.57. The Hall–Kier alpha value is -1.40. The van der Waals surface area contributed by atoms with Gasteiger partial charge in [0.05, 0.1) is 5.39 Å². The van der Waals surface area contributed by atoms with Crippen LogP contribution in [0.5, 0.6) is 0 Å². The second-order valence-electron chi connectivity index (χ2n) is 4.55. The van der Waals surface area contributed by atoms with E-state index in [4.69, 9.17) is 5.84 Å². The van der Waals surface area contributed by atoms with Crippen LogP contribution in [0, 0.1) is 0 Å². The third-order valence-electron chi connectivity index (χ3n) is 1.95. The molecule has 0 fully saturated rings. The Kier molecular flexibility index (Phi) is 2.69. The summed E-state index contributed by atoms with van der Waals surface area (Å²) in [6.07, 6.45) is 0. The number of rotatable bonds is 2. The van der Waals surface area contributed by atoms with Crippen molar-refractivity contribution in [3.8, 4) is 0 Å². The van der Waals surface area contributed by atoms with Gasteiger partial charge >= 0.3 is 0 Å². The second kappa shape index (κ2) is 3.88. The summed E-state index contributed by atoms with van der Waals surface area (Å²) in [6, 6.07) is 2.01. The van der Waals surface area contributed by atoms with Crippen molar-refractivity contribution >= 4 is 33.3 Å². The highest BCUT2D eigenvalue weighted by atomic mass is 32.1. The van der Waals surface area contributed by atoms with Crippen LogP contribution in [0.15, 0.2) is 11.4 Å². The van der Waals surface area contributed by atoms with Gasteiger partial charge in [-0.2, -0.15) is 4.98 Å². The van der Waals surface area contributed by atoms with E-state index in [2.05, 4.69) is 41.5 Å². The lowest BCUT2D eigenvalue weighted by molar-refractivity contribution is 0.631. The van der Waals surface area contributed by atoms with Crippen LogP contribution in [0.25, 0.3) is 10.2 Å². The number of hydrazine groups is 1. The molecule has 0 radical (unpaired) electrons. The predicted octanol–water partition coefficient (Wildman–Crippen LogP) is 2.19. The standard InChI is InChI=1S/C10H15N5S/c1-10(2,3)14-7-6-4-5-16-8(6)13-9(12-7)15-11/h4-5H,11H2,1-3H3,(H2,12,13,14,15). The van der Waals surface area contributed by atoms with E-state index in [0.29, 0.717) is 5.95 Å². The first-order chi connectivity index (χ1) is 7.49. The minimum absolute atomic E-state index is 0.0465. The summed E-state index contributed by atoms with van der Waals surface area (Å²) in [5, 5.41) is 6.37. The second-order valence-corrected chi connectivity index (χ2v) is 5.45. The molecule has 0 saturated carbocycles. The molecule has 86 valence electrons. The van der Waals surface area contributed by atoms with E-state index in [1.54, 1.807) is 11.3 Å². The summed E-state index contributed by atoms with van der Waals surface area (Å²) in [5.41, 5.74) is 2.43. The quantitative estimate of drug-likeness (QED) is 0.551. The number of nitrogens with one attached hydrogen (secondary N) is 2. The van der Waals surface area contributed by atoms with Crippen LogP contribution in [-0.4, -0.2) is 15.5 Å². The Morgan fingerprint density at radius 2 is 2.06 bits per heavy atom. The van der Waals surface area contributed by atoms with Crippen molar-refractivity contribution in [1.82, 2.24) is 9.97 Å². The van der Waals surface area contributed by atoms with Crippen molar-refractivity contribution in [3.05, 3.63) is 11.4 Å². The van der Waals surface area contributed by atoms with E-state index in [9.17, 15) is 0 Å². The van der Waals surface area contributed by atoms with Crippen molar-refractivity contribution in [2.24, 2.45) is 5.84 Å². The van der Waals surface area contributed by atoms with E-state index in [1.807, 2.05) is 11.4 Å². The topological polar surface area (TPSA) is 75.9 Å². The first kappa shape index (κ1) is 11.1. The largest absolute Gasteiger partial charge is 0.365 e. The molecule has 0 bridgehead atoms. The molecule has 5 nitrogen and oxygen atoms in total. The molecule has 0 aliphatic rings. The summed E-state index contributed by atoms with van der Waals surface area (Å²) in [4.78, 5) is 9.53. The normalized spacial score (nSPS) is 11.8. The fraction of sp³-hybridized carbons (Fsp3) is 0.400. The van der Waals surface area contributed by atoms with Crippen LogP contribution < -0.4 is 16.6 Å². The molecule has 0 saturated heterocycles. The maximum Gasteiger partial charge on any atom is 0.240 e. The molecule has 0 aromatic carbocycles. The van der Waals surface area contributed by atoms with Gasteiger partial charge in [-0.15, -0.1) is 11.3 Å². The van der Waals surface area contributed by atoms with Gasteiger partial charge in [-0.1, -0.05) is 0 Å². The fourth-order valence-electron chi connectivity index (χ4n) is 1.37. The predicted molar refractivity (Wildman–Crippen MR) is 68.6 cm³/mol. The summed E-state index contributed by atoms with van der Waals surface area (Å²) in [7, 11) is 0. The molecule has 2 heterocycles. The van der Waals surface area contributed by atoms with Gasteiger partial charge in [-0.3, -0.25) is 5.43 Å². The molecular formula is C10H15N5S. The van der Waals surface area contributed by atoms with E-state index in [1.165, 1.54) is 0 Å². The van der Waals surface area contributed by atoms with Gasteiger partial charge in [-0.05, 0) is 32.2 Å². The molecule has 2 aromatic rings. The van der Waals surface area contributed by atoms with Crippen LogP contribution in [0.1, 0.15) is 20.8 Å². The SMILES string of the molecule is CC(C)(C)Nc1nc(NN)nc2sccc12. The molecule has 0 atom stereocenters. The van der Waals surface area contributed by atoms with E-state index < -0.39 is 0 Å². The molecule has 4 N–H and O–H groups in total. The summed E-state index contributed by atoms with van der Waals surface area (Å²) < 4.78 is 0. The highest BCUT2D eigenvalue weighted by Gasteiger charge is 2.14. The maximum atomic E-state index is 5.34. The number of aromatic nitrogens is 2. The minimum Gasteiger partial charge on any atom is -0.365 e. The Bertz CT molecular complexity index is 499. The van der Waals surface area contributed by atoms with Crippen molar-refractivity contribution in [3.63, 3.8) is 0 Å². The van der Waals surface area contributed by atoms with Crippen LogP contribution in [0.4, 0.5) is 11.8 Å². The highest BCUT2D eigenvalue weighted by Crippen LogP contribution is 2.27. The van der Waals surface area contributed by atoms with Gasteiger partial charge in [0.25, 0.3) is 0 Å². The van der Waals surface area contributed by atoms with Gasteiger partial charge in [0.15, 0.2) is 0 Å². The fourth-order valence-corrected chi connectivity index (χ4v) is 2.13. The van der Waals surface area contributed by atoms with Crippen molar-refractivity contribution in [1.29, 1.82) is 0 Å². The lowest BCUT2D eigenvalue weighted by atomic mass is 10.1. The lowest BCUT2D eigenvalue weighted by Crippen LogP contribution is -2.27. The van der Waals surface area contributed by atoms with Gasteiger partial charge in [0, 0.05) is 5.54 Å². The van der Waals surface area contributed by atoms with Crippen LogP contribution in [0.2, 0.25) is 0 Å². The van der Waals surface area contributed by atoms with E-state index >= 15 is 0 Å². The van der Waals surface area contributed by atoms with Crippen LogP contribution in [-0.2, 0) is 0 Å². The Morgan fingerprint density at radius 3 is 2.69 bits per heavy atom. The molecule has 2 rings (SSSR count). The Balaban J connectivity index is 2.52. The van der Waals surface area contributed by atoms with E-state index in [0.717, 1.165) is 16.0 Å². The average Bonchev–Trinajstić information content (AvgIpc) is 2.63. The van der Waals surface area contributed by atoms with Crippen molar-refractivity contribution in [2.75, 3.05) is 10.7 Å². The number of nitrogens with zero attached hydrogens (tertiary/aromatic N) is 2. The molecule has 0 amide bonds. The number of hydrogen-bond acceptors (Lipinski definition) is 6. The zero-order valence-corrected chi connectivity index (χ0v) is 10.4.